The van der Waals surface area contributed by atoms with Crippen molar-refractivity contribution in [2.45, 2.75) is 11.3 Å². The van der Waals surface area contributed by atoms with Gasteiger partial charge in [0.15, 0.2) is 0 Å². The molecule has 1 aromatic heterocycles. The standard InChI is InChI=1S/C7H7F2N3O5S/c1-17-5-4(18(10,15)16)2-3(6(8)9)11-7(5)12(13)14/h2,6H,1H3,(H2,10,15,16). The second-order valence-electron chi connectivity index (χ2n) is 3.00. The van der Waals surface area contributed by atoms with Gasteiger partial charge in [0.1, 0.15) is 4.90 Å². The third-order valence-electron chi connectivity index (χ3n) is 1.85. The highest BCUT2D eigenvalue weighted by molar-refractivity contribution is 7.89. The smallest absolute Gasteiger partial charge is 0.408 e. The molecule has 0 fully saturated rings. The van der Waals surface area contributed by atoms with Gasteiger partial charge in [-0.05, 0) is 9.91 Å². The zero-order valence-electron chi connectivity index (χ0n) is 8.83. The SMILES string of the molecule is COc1c(S(N)(=O)=O)cc(C(F)F)nc1[N+](=O)[O-]. The number of primary sulfonamides is 1. The number of ether oxygens (including phenoxy) is 1. The van der Waals surface area contributed by atoms with Crippen LogP contribution in [0, 0.1) is 10.1 Å². The first-order chi connectivity index (χ1) is 8.18. The van der Waals surface area contributed by atoms with E-state index in [4.69, 9.17) is 5.14 Å². The fourth-order valence-electron chi connectivity index (χ4n) is 1.15. The Kier molecular flexibility index (Phi) is 3.76. The van der Waals surface area contributed by atoms with Gasteiger partial charge in [-0.2, -0.15) is 0 Å². The molecule has 0 bridgehead atoms. The Morgan fingerprint density at radius 3 is 2.44 bits per heavy atom. The molecule has 100 valence electrons. The van der Waals surface area contributed by atoms with E-state index in [1.807, 2.05) is 0 Å². The van der Waals surface area contributed by atoms with Crippen LogP contribution in [0.5, 0.6) is 5.75 Å². The summed E-state index contributed by atoms with van der Waals surface area (Å²) in [6.07, 6.45) is -3.19. The average Bonchev–Trinajstić information content (AvgIpc) is 2.25. The number of methoxy groups -OCH3 is 1. The van der Waals surface area contributed by atoms with E-state index < -0.39 is 43.5 Å². The summed E-state index contributed by atoms with van der Waals surface area (Å²) in [5, 5.41) is 15.4. The lowest BCUT2D eigenvalue weighted by molar-refractivity contribution is -0.390. The van der Waals surface area contributed by atoms with Crippen molar-refractivity contribution < 1.29 is 26.9 Å². The molecule has 1 heterocycles. The van der Waals surface area contributed by atoms with Crippen LogP contribution >= 0.6 is 0 Å². The minimum Gasteiger partial charge on any atom is -0.488 e. The molecule has 0 aromatic carbocycles. The minimum absolute atomic E-state index is 0.436. The van der Waals surface area contributed by atoms with Crippen LogP contribution in [0.4, 0.5) is 14.6 Å². The van der Waals surface area contributed by atoms with Crippen molar-refractivity contribution in [3.05, 3.63) is 21.9 Å². The highest BCUT2D eigenvalue weighted by atomic mass is 32.2. The molecule has 0 aliphatic rings. The van der Waals surface area contributed by atoms with Crippen molar-refractivity contribution in [1.29, 1.82) is 0 Å². The maximum Gasteiger partial charge on any atom is 0.408 e. The Hall–Kier alpha value is -1.88. The fraction of sp³-hybridized carbons (Fsp3) is 0.286. The fourth-order valence-corrected chi connectivity index (χ4v) is 1.87. The Morgan fingerprint density at radius 2 is 2.11 bits per heavy atom. The first kappa shape index (κ1) is 14.2. The van der Waals surface area contributed by atoms with Crippen LogP contribution in [0.2, 0.25) is 0 Å². The van der Waals surface area contributed by atoms with E-state index in [1.54, 1.807) is 0 Å². The third kappa shape index (κ3) is 2.68. The summed E-state index contributed by atoms with van der Waals surface area (Å²) in [4.78, 5) is 11.6. The predicted molar refractivity (Wildman–Crippen MR) is 53.8 cm³/mol. The quantitative estimate of drug-likeness (QED) is 0.636. The van der Waals surface area contributed by atoms with Crippen molar-refractivity contribution in [1.82, 2.24) is 4.98 Å². The normalized spacial score (nSPS) is 11.6. The van der Waals surface area contributed by atoms with Crippen LogP contribution in [0.25, 0.3) is 0 Å². The number of hydrogen-bond acceptors (Lipinski definition) is 6. The van der Waals surface area contributed by atoms with E-state index >= 15 is 0 Å². The summed E-state index contributed by atoms with van der Waals surface area (Å²) >= 11 is 0. The molecule has 0 aliphatic carbocycles. The first-order valence-electron chi connectivity index (χ1n) is 4.22. The van der Waals surface area contributed by atoms with Crippen LogP contribution in [-0.2, 0) is 10.0 Å². The molecule has 11 heteroatoms. The van der Waals surface area contributed by atoms with Gasteiger partial charge in [-0.3, -0.25) is 0 Å². The summed E-state index contributed by atoms with van der Waals surface area (Å²) in [6.45, 7) is 0. The van der Waals surface area contributed by atoms with Crippen LogP contribution in [0.3, 0.4) is 0 Å². The monoisotopic (exact) mass is 283 g/mol. The van der Waals surface area contributed by atoms with Crippen molar-refractivity contribution in [3.63, 3.8) is 0 Å². The van der Waals surface area contributed by atoms with Gasteiger partial charge in [0.05, 0.1) is 7.11 Å². The van der Waals surface area contributed by atoms with E-state index in [0.717, 1.165) is 7.11 Å². The number of pyridine rings is 1. The molecule has 8 nitrogen and oxygen atoms in total. The lowest BCUT2D eigenvalue weighted by Crippen LogP contribution is -2.15. The molecule has 0 amide bonds. The molecule has 1 aromatic rings. The number of nitro groups is 1. The molecule has 0 saturated carbocycles. The number of hydrogen-bond donors (Lipinski definition) is 1. The van der Waals surface area contributed by atoms with Crippen molar-refractivity contribution >= 4 is 15.8 Å². The van der Waals surface area contributed by atoms with E-state index in [0.29, 0.717) is 6.07 Å². The molecule has 0 unspecified atom stereocenters. The molecule has 0 radical (unpaired) electrons. The minimum atomic E-state index is -4.46. The largest absolute Gasteiger partial charge is 0.488 e. The Morgan fingerprint density at radius 1 is 1.56 bits per heavy atom. The number of nitrogens with two attached hydrogens (primary N) is 1. The highest BCUT2D eigenvalue weighted by Crippen LogP contribution is 2.34. The van der Waals surface area contributed by atoms with Gasteiger partial charge in [0.25, 0.3) is 0 Å². The van der Waals surface area contributed by atoms with Gasteiger partial charge >= 0.3 is 12.2 Å². The second-order valence-corrected chi connectivity index (χ2v) is 4.53. The van der Waals surface area contributed by atoms with E-state index in [2.05, 4.69) is 9.72 Å². The first-order valence-corrected chi connectivity index (χ1v) is 5.77. The van der Waals surface area contributed by atoms with Crippen molar-refractivity contribution in [2.24, 2.45) is 5.14 Å². The summed E-state index contributed by atoms with van der Waals surface area (Å²) in [6, 6.07) is 0.436. The van der Waals surface area contributed by atoms with Crippen molar-refractivity contribution in [3.8, 4) is 5.75 Å². The number of halogens is 2. The summed E-state index contributed by atoms with van der Waals surface area (Å²) in [7, 11) is -3.53. The summed E-state index contributed by atoms with van der Waals surface area (Å²) in [5.41, 5.74) is -1.08. The van der Waals surface area contributed by atoms with Crippen LogP contribution in [0.15, 0.2) is 11.0 Å². The summed E-state index contributed by atoms with van der Waals surface area (Å²) in [5.74, 6) is -1.92. The molecular weight excluding hydrogens is 276 g/mol. The second kappa shape index (κ2) is 4.78. The highest BCUT2D eigenvalue weighted by Gasteiger charge is 2.31. The topological polar surface area (TPSA) is 125 Å². The molecule has 0 atom stereocenters. The molecular formula is C7H7F2N3O5S. The van der Waals surface area contributed by atoms with Gasteiger partial charge in [-0.25, -0.2) is 22.3 Å². The predicted octanol–water partition coefficient (Wildman–Crippen LogP) is 0.583. The van der Waals surface area contributed by atoms with Crippen LogP contribution < -0.4 is 9.88 Å². The maximum atomic E-state index is 12.5. The Labute approximate surface area is 99.6 Å². The van der Waals surface area contributed by atoms with Gasteiger partial charge < -0.3 is 14.9 Å². The van der Waals surface area contributed by atoms with E-state index in [-0.39, 0.29) is 0 Å². The Bertz CT molecular complexity index is 589. The van der Waals surface area contributed by atoms with Gasteiger partial charge in [-0.1, -0.05) is 0 Å². The lowest BCUT2D eigenvalue weighted by atomic mass is 10.3. The maximum absolute atomic E-state index is 12.5. The number of aromatic nitrogens is 1. The van der Waals surface area contributed by atoms with E-state index in [9.17, 15) is 27.3 Å². The number of nitrogens with zero attached hydrogens (tertiary/aromatic N) is 2. The zero-order valence-corrected chi connectivity index (χ0v) is 9.65. The average molecular weight is 283 g/mol. The van der Waals surface area contributed by atoms with Crippen LogP contribution in [-0.4, -0.2) is 25.4 Å². The lowest BCUT2D eigenvalue weighted by Gasteiger charge is -2.07. The van der Waals surface area contributed by atoms with E-state index in [1.165, 1.54) is 0 Å². The molecule has 0 spiro atoms. The van der Waals surface area contributed by atoms with Gasteiger partial charge in [-0.15, -0.1) is 0 Å². The number of rotatable bonds is 4. The molecule has 0 aliphatic heterocycles. The number of alkyl halides is 2. The molecule has 1 rings (SSSR count). The Balaban J connectivity index is 3.73. The van der Waals surface area contributed by atoms with Gasteiger partial charge in [0, 0.05) is 6.07 Å². The molecule has 18 heavy (non-hydrogen) atoms. The molecule has 2 N–H and O–H groups in total. The zero-order chi connectivity index (χ0) is 14.1. The molecule has 0 saturated heterocycles. The summed E-state index contributed by atoms with van der Waals surface area (Å²) < 4.78 is 51.7. The van der Waals surface area contributed by atoms with Crippen molar-refractivity contribution in [2.75, 3.05) is 7.11 Å². The van der Waals surface area contributed by atoms with Crippen LogP contribution in [0.1, 0.15) is 12.1 Å². The number of sulfonamides is 1. The third-order valence-corrected chi connectivity index (χ3v) is 2.76. The van der Waals surface area contributed by atoms with Gasteiger partial charge in [0.2, 0.25) is 21.5 Å².